The van der Waals surface area contributed by atoms with Crippen molar-refractivity contribution in [3.63, 3.8) is 0 Å². The molecule has 2 unspecified atom stereocenters. The summed E-state index contributed by atoms with van der Waals surface area (Å²) in [5.41, 5.74) is 1.08. The van der Waals surface area contributed by atoms with Crippen molar-refractivity contribution in [3.8, 4) is 0 Å². The molecule has 1 saturated heterocycles. The molecule has 1 aliphatic rings. The van der Waals surface area contributed by atoms with E-state index in [2.05, 4.69) is 47.0 Å². The Bertz CT molecular complexity index is 453. The topological polar surface area (TPSA) is 47.0 Å². The van der Waals surface area contributed by atoms with Gasteiger partial charge < -0.3 is 10.1 Å². The lowest BCUT2D eigenvalue weighted by molar-refractivity contribution is 0.0502. The van der Waals surface area contributed by atoms with Gasteiger partial charge in [0.05, 0.1) is 16.3 Å². The van der Waals surface area contributed by atoms with E-state index >= 15 is 0 Å². The summed E-state index contributed by atoms with van der Waals surface area (Å²) in [4.78, 5) is 9.40. The van der Waals surface area contributed by atoms with Gasteiger partial charge in [-0.05, 0) is 48.5 Å². The molecule has 112 valence electrons. The number of nitrogens with one attached hydrogen (secondary N) is 1. The summed E-state index contributed by atoms with van der Waals surface area (Å²) in [5, 5.41) is 3.38. The van der Waals surface area contributed by atoms with Crippen LogP contribution >= 0.6 is 15.9 Å². The van der Waals surface area contributed by atoms with Gasteiger partial charge in [-0.15, -0.1) is 0 Å². The zero-order valence-electron chi connectivity index (χ0n) is 12.6. The van der Waals surface area contributed by atoms with Crippen molar-refractivity contribution < 1.29 is 4.74 Å². The van der Waals surface area contributed by atoms with Crippen molar-refractivity contribution in [3.05, 3.63) is 16.0 Å². The van der Waals surface area contributed by atoms with Gasteiger partial charge in [0.15, 0.2) is 5.82 Å². The van der Waals surface area contributed by atoms with Crippen LogP contribution in [0, 0.1) is 0 Å². The SMILES string of the molecule is CCCNc1nc(C2CCC(C)O2)nc(CCC)c1Br. The molecule has 2 rings (SSSR count). The first-order valence-corrected chi connectivity index (χ1v) is 8.40. The Labute approximate surface area is 129 Å². The lowest BCUT2D eigenvalue weighted by Crippen LogP contribution is -2.12. The number of hydrogen-bond acceptors (Lipinski definition) is 4. The quantitative estimate of drug-likeness (QED) is 0.839. The van der Waals surface area contributed by atoms with Gasteiger partial charge in [0.1, 0.15) is 11.9 Å². The average Bonchev–Trinajstić information content (AvgIpc) is 2.86. The molecule has 5 heteroatoms. The smallest absolute Gasteiger partial charge is 0.159 e. The molecule has 0 amide bonds. The molecule has 0 aliphatic carbocycles. The first-order chi connectivity index (χ1) is 9.65. The minimum absolute atomic E-state index is 0.0517. The zero-order valence-corrected chi connectivity index (χ0v) is 14.2. The molecular weight excluding hydrogens is 318 g/mol. The summed E-state index contributed by atoms with van der Waals surface area (Å²) in [7, 11) is 0. The third kappa shape index (κ3) is 3.70. The van der Waals surface area contributed by atoms with Crippen LogP contribution in [-0.4, -0.2) is 22.6 Å². The molecular formula is C15H24BrN3O. The van der Waals surface area contributed by atoms with Gasteiger partial charge in [0.2, 0.25) is 0 Å². The van der Waals surface area contributed by atoms with E-state index in [0.29, 0.717) is 6.10 Å². The lowest BCUT2D eigenvalue weighted by Gasteiger charge is -2.15. The Morgan fingerprint density at radius 3 is 2.65 bits per heavy atom. The van der Waals surface area contributed by atoms with Gasteiger partial charge in [0, 0.05) is 6.54 Å². The molecule has 0 spiro atoms. The largest absolute Gasteiger partial charge is 0.369 e. The molecule has 1 N–H and O–H groups in total. The van der Waals surface area contributed by atoms with E-state index < -0.39 is 0 Å². The van der Waals surface area contributed by atoms with Crippen LogP contribution in [0.5, 0.6) is 0 Å². The highest BCUT2D eigenvalue weighted by Crippen LogP contribution is 2.33. The van der Waals surface area contributed by atoms with Gasteiger partial charge >= 0.3 is 0 Å². The first-order valence-electron chi connectivity index (χ1n) is 7.61. The second-order valence-corrected chi connectivity index (χ2v) is 6.17. The molecule has 0 aromatic carbocycles. The van der Waals surface area contributed by atoms with E-state index in [0.717, 1.165) is 60.5 Å². The summed E-state index contributed by atoms with van der Waals surface area (Å²) in [6.07, 6.45) is 5.58. The van der Waals surface area contributed by atoms with Crippen molar-refractivity contribution in [2.45, 2.75) is 65.1 Å². The fourth-order valence-electron chi connectivity index (χ4n) is 2.41. The van der Waals surface area contributed by atoms with Crippen molar-refractivity contribution in [1.82, 2.24) is 9.97 Å². The predicted molar refractivity (Wildman–Crippen MR) is 85.0 cm³/mol. The maximum Gasteiger partial charge on any atom is 0.159 e. The molecule has 1 fully saturated rings. The summed E-state index contributed by atoms with van der Waals surface area (Å²) in [5.74, 6) is 1.74. The standard InChI is InChI=1S/C15H24BrN3O/c1-4-6-11-13(16)15(17-9-5-2)19-14(18-11)12-8-7-10(3)20-12/h10,12H,4-9H2,1-3H3,(H,17,18,19). The molecule has 2 heterocycles. The third-order valence-corrected chi connectivity index (χ3v) is 4.32. The third-order valence-electron chi connectivity index (χ3n) is 3.49. The summed E-state index contributed by atoms with van der Waals surface area (Å²) >= 11 is 3.64. The maximum absolute atomic E-state index is 5.91. The van der Waals surface area contributed by atoms with E-state index in [1.54, 1.807) is 0 Å². The van der Waals surface area contributed by atoms with Crippen LogP contribution in [0.25, 0.3) is 0 Å². The predicted octanol–water partition coefficient (Wildman–Crippen LogP) is 4.25. The molecule has 0 bridgehead atoms. The van der Waals surface area contributed by atoms with E-state index in [1.807, 2.05) is 0 Å². The molecule has 20 heavy (non-hydrogen) atoms. The fraction of sp³-hybridized carbons (Fsp3) is 0.733. The monoisotopic (exact) mass is 341 g/mol. The highest BCUT2D eigenvalue weighted by atomic mass is 79.9. The number of aromatic nitrogens is 2. The number of rotatable bonds is 6. The summed E-state index contributed by atoms with van der Waals surface area (Å²) in [6.45, 7) is 7.35. The Morgan fingerprint density at radius 1 is 1.25 bits per heavy atom. The Morgan fingerprint density at radius 2 is 2.05 bits per heavy atom. The average molecular weight is 342 g/mol. The van der Waals surface area contributed by atoms with Crippen molar-refractivity contribution in [2.24, 2.45) is 0 Å². The van der Waals surface area contributed by atoms with Crippen LogP contribution in [-0.2, 0) is 11.2 Å². The number of halogens is 1. The number of ether oxygens (including phenoxy) is 1. The van der Waals surface area contributed by atoms with Gasteiger partial charge in [-0.25, -0.2) is 9.97 Å². The van der Waals surface area contributed by atoms with E-state index in [4.69, 9.17) is 9.72 Å². The molecule has 1 aliphatic heterocycles. The van der Waals surface area contributed by atoms with E-state index in [-0.39, 0.29) is 6.10 Å². The van der Waals surface area contributed by atoms with Gasteiger partial charge in [-0.1, -0.05) is 20.3 Å². The maximum atomic E-state index is 5.91. The van der Waals surface area contributed by atoms with Crippen LogP contribution in [0.15, 0.2) is 4.47 Å². The van der Waals surface area contributed by atoms with Gasteiger partial charge in [-0.2, -0.15) is 0 Å². The molecule has 0 saturated carbocycles. The van der Waals surface area contributed by atoms with Crippen LogP contribution < -0.4 is 5.32 Å². The van der Waals surface area contributed by atoms with Crippen molar-refractivity contribution >= 4 is 21.7 Å². The number of anilines is 1. The van der Waals surface area contributed by atoms with E-state index in [9.17, 15) is 0 Å². The Balaban J connectivity index is 2.28. The fourth-order valence-corrected chi connectivity index (χ4v) is 2.93. The van der Waals surface area contributed by atoms with Gasteiger partial charge in [-0.3, -0.25) is 0 Å². The Kier molecular flexibility index (Phi) is 5.78. The van der Waals surface area contributed by atoms with Crippen LogP contribution in [0.4, 0.5) is 5.82 Å². The van der Waals surface area contributed by atoms with Crippen LogP contribution in [0.2, 0.25) is 0 Å². The van der Waals surface area contributed by atoms with Crippen LogP contribution in [0.1, 0.15) is 64.1 Å². The summed E-state index contributed by atoms with van der Waals surface area (Å²) in [6, 6.07) is 0. The Hall–Kier alpha value is -0.680. The second-order valence-electron chi connectivity index (χ2n) is 5.38. The normalized spacial score (nSPS) is 22.2. The molecule has 2 atom stereocenters. The van der Waals surface area contributed by atoms with Crippen molar-refractivity contribution in [2.75, 3.05) is 11.9 Å². The first kappa shape index (κ1) is 15.7. The highest BCUT2D eigenvalue weighted by Gasteiger charge is 2.27. The number of hydrogen-bond donors (Lipinski definition) is 1. The highest BCUT2D eigenvalue weighted by molar-refractivity contribution is 9.10. The number of nitrogens with zero attached hydrogens (tertiary/aromatic N) is 2. The summed E-state index contributed by atoms with van der Waals surface area (Å²) < 4.78 is 6.91. The number of aryl methyl sites for hydroxylation is 1. The molecule has 0 radical (unpaired) electrons. The van der Waals surface area contributed by atoms with Gasteiger partial charge in [0.25, 0.3) is 0 Å². The molecule has 1 aromatic heterocycles. The molecule has 1 aromatic rings. The van der Waals surface area contributed by atoms with Crippen LogP contribution in [0.3, 0.4) is 0 Å². The zero-order chi connectivity index (χ0) is 14.5. The van der Waals surface area contributed by atoms with Crippen molar-refractivity contribution in [1.29, 1.82) is 0 Å². The lowest BCUT2D eigenvalue weighted by atomic mass is 10.2. The second kappa shape index (κ2) is 7.36. The van der Waals surface area contributed by atoms with E-state index in [1.165, 1.54) is 0 Å². The molecule has 4 nitrogen and oxygen atoms in total. The minimum atomic E-state index is 0.0517. The minimum Gasteiger partial charge on any atom is -0.369 e.